The zero-order valence-corrected chi connectivity index (χ0v) is 8.26. The van der Waals surface area contributed by atoms with Crippen molar-refractivity contribution in [2.75, 3.05) is 5.32 Å². The smallest absolute Gasteiger partial charge is 0.336 e. The summed E-state index contributed by atoms with van der Waals surface area (Å²) >= 11 is 0. The monoisotopic (exact) mass is 224 g/mol. The number of carbonyl (C=O) groups excluding carboxylic acids is 1. The number of benzene rings is 1. The lowest BCUT2D eigenvalue weighted by molar-refractivity contribution is -0.384. The maximum Gasteiger partial charge on any atom is 0.336 e. The molecule has 1 aromatic carbocycles. The van der Waals surface area contributed by atoms with E-state index in [2.05, 4.69) is 5.32 Å². The van der Waals surface area contributed by atoms with Crippen molar-refractivity contribution >= 4 is 23.3 Å². The lowest BCUT2D eigenvalue weighted by Gasteiger charge is -2.03. The maximum atomic E-state index is 10.7. The molecule has 0 heterocycles. The minimum Gasteiger partial charge on any atom is -0.478 e. The Bertz CT molecular complexity index is 437. The second kappa shape index (κ2) is 4.39. The maximum absolute atomic E-state index is 10.7. The topological polar surface area (TPSA) is 110 Å². The number of nitrogens with zero attached hydrogens (tertiary/aromatic N) is 1. The molecular formula is C9H8N2O5. The third kappa shape index (κ3) is 2.77. The zero-order chi connectivity index (χ0) is 12.3. The van der Waals surface area contributed by atoms with Crippen LogP contribution in [0.1, 0.15) is 17.3 Å². The van der Waals surface area contributed by atoms with Crippen LogP contribution >= 0.6 is 0 Å². The first-order valence-electron chi connectivity index (χ1n) is 4.20. The number of rotatable bonds is 3. The summed E-state index contributed by atoms with van der Waals surface area (Å²) in [6, 6.07) is 3.16. The largest absolute Gasteiger partial charge is 0.478 e. The second-order valence-electron chi connectivity index (χ2n) is 3.01. The van der Waals surface area contributed by atoms with Gasteiger partial charge in [0.1, 0.15) is 0 Å². The fraction of sp³-hybridized carbons (Fsp3) is 0.111. The first-order chi connectivity index (χ1) is 7.40. The van der Waals surface area contributed by atoms with Crippen molar-refractivity contribution in [1.82, 2.24) is 0 Å². The molecule has 0 saturated heterocycles. The van der Waals surface area contributed by atoms with E-state index in [9.17, 15) is 19.7 Å². The van der Waals surface area contributed by atoms with Crippen molar-refractivity contribution < 1.29 is 19.6 Å². The fourth-order valence-electron chi connectivity index (χ4n) is 1.12. The molecule has 84 valence electrons. The predicted molar refractivity (Wildman–Crippen MR) is 54.4 cm³/mol. The quantitative estimate of drug-likeness (QED) is 0.593. The Kier molecular flexibility index (Phi) is 3.19. The van der Waals surface area contributed by atoms with Gasteiger partial charge in [-0.2, -0.15) is 0 Å². The van der Waals surface area contributed by atoms with Gasteiger partial charge in [0.15, 0.2) is 0 Å². The van der Waals surface area contributed by atoms with Crippen LogP contribution in [0.15, 0.2) is 18.2 Å². The van der Waals surface area contributed by atoms with Gasteiger partial charge in [0.25, 0.3) is 5.69 Å². The predicted octanol–water partition coefficient (Wildman–Crippen LogP) is 1.25. The highest BCUT2D eigenvalue weighted by molar-refractivity contribution is 5.93. The van der Waals surface area contributed by atoms with Gasteiger partial charge in [0.2, 0.25) is 5.91 Å². The number of nitro groups is 1. The Labute approximate surface area is 89.8 Å². The molecule has 0 aliphatic heterocycles. The molecule has 0 atom stereocenters. The van der Waals surface area contributed by atoms with E-state index >= 15 is 0 Å². The van der Waals surface area contributed by atoms with Gasteiger partial charge in [-0.25, -0.2) is 4.79 Å². The van der Waals surface area contributed by atoms with Crippen LogP contribution in [0.25, 0.3) is 0 Å². The van der Waals surface area contributed by atoms with Gasteiger partial charge in [0, 0.05) is 24.7 Å². The fourth-order valence-corrected chi connectivity index (χ4v) is 1.12. The Morgan fingerprint density at radius 3 is 2.44 bits per heavy atom. The molecule has 16 heavy (non-hydrogen) atoms. The van der Waals surface area contributed by atoms with E-state index in [0.29, 0.717) is 0 Å². The molecule has 0 bridgehead atoms. The van der Waals surface area contributed by atoms with Crippen LogP contribution < -0.4 is 5.32 Å². The Balaban J connectivity index is 3.23. The van der Waals surface area contributed by atoms with Crippen LogP contribution in [0.4, 0.5) is 11.4 Å². The number of hydrogen-bond acceptors (Lipinski definition) is 4. The van der Waals surface area contributed by atoms with Crippen molar-refractivity contribution in [2.24, 2.45) is 0 Å². The number of non-ortho nitro benzene ring substituents is 1. The molecule has 1 aromatic rings. The van der Waals surface area contributed by atoms with Gasteiger partial charge in [-0.3, -0.25) is 14.9 Å². The number of nitrogens with one attached hydrogen (secondary N) is 1. The molecule has 0 aromatic heterocycles. The van der Waals surface area contributed by atoms with E-state index in [1.807, 2.05) is 0 Å². The van der Waals surface area contributed by atoms with Crippen LogP contribution in [0, 0.1) is 10.1 Å². The molecule has 0 aliphatic carbocycles. The molecule has 0 aliphatic rings. The highest BCUT2D eigenvalue weighted by Gasteiger charge is 2.14. The van der Waals surface area contributed by atoms with Gasteiger partial charge >= 0.3 is 5.97 Å². The van der Waals surface area contributed by atoms with Crippen LogP contribution in [0.5, 0.6) is 0 Å². The molecule has 1 rings (SSSR count). The lowest BCUT2D eigenvalue weighted by atomic mass is 10.1. The molecule has 0 radical (unpaired) electrons. The first kappa shape index (κ1) is 11.6. The summed E-state index contributed by atoms with van der Waals surface area (Å²) in [6.07, 6.45) is 0. The van der Waals surface area contributed by atoms with E-state index in [4.69, 9.17) is 5.11 Å². The minimum atomic E-state index is -1.30. The van der Waals surface area contributed by atoms with Crippen molar-refractivity contribution in [3.8, 4) is 0 Å². The zero-order valence-electron chi connectivity index (χ0n) is 8.26. The second-order valence-corrected chi connectivity index (χ2v) is 3.01. The lowest BCUT2D eigenvalue weighted by Crippen LogP contribution is -2.08. The number of aromatic carboxylic acids is 1. The van der Waals surface area contributed by atoms with Crippen molar-refractivity contribution in [1.29, 1.82) is 0 Å². The highest BCUT2D eigenvalue weighted by atomic mass is 16.6. The molecule has 0 fully saturated rings. The molecule has 7 nitrogen and oxygen atoms in total. The molecular weight excluding hydrogens is 216 g/mol. The van der Waals surface area contributed by atoms with Crippen molar-refractivity contribution in [3.05, 3.63) is 33.9 Å². The van der Waals surface area contributed by atoms with Crippen LogP contribution in [0.2, 0.25) is 0 Å². The molecule has 0 saturated carbocycles. The van der Waals surface area contributed by atoms with Gasteiger partial charge in [-0.05, 0) is 6.07 Å². The molecule has 7 heteroatoms. The normalized spacial score (nSPS) is 9.56. The summed E-state index contributed by atoms with van der Waals surface area (Å²) in [5.74, 6) is -1.73. The minimum absolute atomic E-state index is 0.0825. The van der Waals surface area contributed by atoms with Gasteiger partial charge in [-0.1, -0.05) is 0 Å². The summed E-state index contributed by atoms with van der Waals surface area (Å²) in [6.45, 7) is 1.22. The number of amides is 1. The summed E-state index contributed by atoms with van der Waals surface area (Å²) in [4.78, 5) is 31.2. The number of hydrogen-bond donors (Lipinski definition) is 2. The third-order valence-corrected chi connectivity index (χ3v) is 1.70. The van der Waals surface area contributed by atoms with Crippen molar-refractivity contribution in [3.63, 3.8) is 0 Å². The Morgan fingerprint density at radius 1 is 1.38 bits per heavy atom. The summed E-state index contributed by atoms with van der Waals surface area (Å²) in [5.41, 5.74) is -0.555. The Hall–Kier alpha value is -2.44. The Morgan fingerprint density at radius 2 is 2.00 bits per heavy atom. The standard InChI is InChI=1S/C9H8N2O5/c1-5(12)10-7-2-6(9(13)14)3-8(4-7)11(15)16/h2-4H,1H3,(H,10,12)(H,13,14). The number of anilines is 1. The van der Waals surface area contributed by atoms with E-state index in [0.717, 1.165) is 18.2 Å². The summed E-state index contributed by atoms with van der Waals surface area (Å²) in [5, 5.41) is 21.5. The van der Waals surface area contributed by atoms with Gasteiger partial charge in [-0.15, -0.1) is 0 Å². The average Bonchev–Trinajstić information content (AvgIpc) is 2.15. The number of carboxylic acids is 1. The first-order valence-corrected chi connectivity index (χ1v) is 4.20. The van der Waals surface area contributed by atoms with Crippen LogP contribution in [-0.4, -0.2) is 21.9 Å². The summed E-state index contributed by atoms with van der Waals surface area (Å²) < 4.78 is 0. The average molecular weight is 224 g/mol. The molecule has 0 unspecified atom stereocenters. The van der Waals surface area contributed by atoms with Crippen LogP contribution in [-0.2, 0) is 4.79 Å². The number of carboxylic acid groups (broad SMARTS) is 1. The molecule has 0 spiro atoms. The van der Waals surface area contributed by atoms with Crippen molar-refractivity contribution in [2.45, 2.75) is 6.92 Å². The SMILES string of the molecule is CC(=O)Nc1cc(C(=O)O)cc([N+](=O)[O-])c1. The third-order valence-electron chi connectivity index (χ3n) is 1.70. The van der Waals surface area contributed by atoms with Gasteiger partial charge in [0.05, 0.1) is 10.5 Å². The van der Waals surface area contributed by atoms with E-state index in [1.165, 1.54) is 6.92 Å². The number of nitro benzene ring substituents is 1. The number of carbonyl (C=O) groups is 2. The molecule has 2 N–H and O–H groups in total. The van der Waals surface area contributed by atoms with E-state index in [1.54, 1.807) is 0 Å². The van der Waals surface area contributed by atoms with Crippen LogP contribution in [0.3, 0.4) is 0 Å². The molecule has 1 amide bonds. The van der Waals surface area contributed by atoms with Gasteiger partial charge < -0.3 is 10.4 Å². The highest BCUT2D eigenvalue weighted by Crippen LogP contribution is 2.20. The summed E-state index contributed by atoms with van der Waals surface area (Å²) in [7, 11) is 0. The van der Waals surface area contributed by atoms with E-state index < -0.39 is 16.8 Å². The van der Waals surface area contributed by atoms with E-state index in [-0.39, 0.29) is 16.9 Å².